The SMILES string of the molecule is O=C(N/N=C/c1ccc(Cl)c([N+](=O)[O-])c1)c1cc(Cl)cc(Cl)c1O. The number of amides is 1. The molecule has 0 aromatic heterocycles. The van der Waals surface area contributed by atoms with Crippen LogP contribution >= 0.6 is 34.8 Å². The van der Waals surface area contributed by atoms with Gasteiger partial charge in [-0.2, -0.15) is 5.10 Å². The van der Waals surface area contributed by atoms with Crippen LogP contribution in [0.25, 0.3) is 0 Å². The maximum absolute atomic E-state index is 12.0. The van der Waals surface area contributed by atoms with Gasteiger partial charge in [0.2, 0.25) is 0 Å². The van der Waals surface area contributed by atoms with Crippen molar-refractivity contribution >= 4 is 52.6 Å². The molecule has 10 heteroatoms. The van der Waals surface area contributed by atoms with Crippen LogP contribution in [-0.2, 0) is 0 Å². The summed E-state index contributed by atoms with van der Waals surface area (Å²) >= 11 is 17.2. The monoisotopic (exact) mass is 387 g/mol. The minimum absolute atomic E-state index is 0.0142. The molecule has 0 heterocycles. The first-order chi connectivity index (χ1) is 11.3. The van der Waals surface area contributed by atoms with Crippen molar-refractivity contribution in [2.24, 2.45) is 5.10 Å². The second-order valence-corrected chi connectivity index (χ2v) is 5.70. The first-order valence-electron chi connectivity index (χ1n) is 6.25. The van der Waals surface area contributed by atoms with Crippen LogP contribution in [-0.4, -0.2) is 22.2 Å². The summed E-state index contributed by atoms with van der Waals surface area (Å²) in [6.45, 7) is 0. The molecule has 0 unspecified atom stereocenters. The number of carbonyl (C=O) groups excluding carboxylic acids is 1. The Hall–Kier alpha value is -2.35. The van der Waals surface area contributed by atoms with Gasteiger partial charge in [0.05, 0.1) is 21.7 Å². The third kappa shape index (κ3) is 4.14. The summed E-state index contributed by atoms with van der Waals surface area (Å²) in [7, 11) is 0. The Kier molecular flexibility index (Phi) is 5.61. The van der Waals surface area contributed by atoms with E-state index in [1.165, 1.54) is 36.5 Å². The largest absolute Gasteiger partial charge is 0.506 e. The molecule has 0 aliphatic carbocycles. The molecular formula is C14H8Cl3N3O4. The Morgan fingerprint density at radius 3 is 2.58 bits per heavy atom. The number of aromatic hydroxyl groups is 1. The molecule has 0 spiro atoms. The quantitative estimate of drug-likeness (QED) is 0.469. The van der Waals surface area contributed by atoms with Crippen LogP contribution in [0.1, 0.15) is 15.9 Å². The molecule has 0 saturated carbocycles. The molecule has 0 atom stereocenters. The molecule has 2 aromatic rings. The number of rotatable bonds is 4. The zero-order valence-corrected chi connectivity index (χ0v) is 13.9. The average Bonchev–Trinajstić information content (AvgIpc) is 2.52. The van der Waals surface area contributed by atoms with Crippen molar-refractivity contribution in [2.75, 3.05) is 0 Å². The number of nitrogens with one attached hydrogen (secondary N) is 1. The van der Waals surface area contributed by atoms with Gasteiger partial charge < -0.3 is 5.11 Å². The lowest BCUT2D eigenvalue weighted by Gasteiger charge is -2.05. The molecule has 24 heavy (non-hydrogen) atoms. The van der Waals surface area contributed by atoms with Crippen molar-refractivity contribution in [3.63, 3.8) is 0 Å². The van der Waals surface area contributed by atoms with Gasteiger partial charge in [-0.15, -0.1) is 0 Å². The Labute approximate surface area is 150 Å². The maximum atomic E-state index is 12.0. The fourth-order valence-electron chi connectivity index (χ4n) is 1.71. The molecule has 0 radical (unpaired) electrons. The maximum Gasteiger partial charge on any atom is 0.288 e. The van der Waals surface area contributed by atoms with E-state index < -0.39 is 16.6 Å². The molecule has 0 aliphatic rings. The van der Waals surface area contributed by atoms with E-state index in [1.807, 2.05) is 0 Å². The highest BCUT2D eigenvalue weighted by molar-refractivity contribution is 6.36. The third-order valence-corrected chi connectivity index (χ3v) is 3.65. The number of phenols is 1. The van der Waals surface area contributed by atoms with E-state index in [2.05, 4.69) is 10.5 Å². The first kappa shape index (κ1) is 18.0. The Morgan fingerprint density at radius 2 is 1.92 bits per heavy atom. The summed E-state index contributed by atoms with van der Waals surface area (Å²) in [5.74, 6) is -1.19. The van der Waals surface area contributed by atoms with Crippen LogP contribution in [0.2, 0.25) is 15.1 Å². The van der Waals surface area contributed by atoms with Crippen LogP contribution in [0.4, 0.5) is 5.69 Å². The summed E-state index contributed by atoms with van der Waals surface area (Å²) in [5, 5.41) is 24.3. The van der Waals surface area contributed by atoms with Crippen molar-refractivity contribution in [3.05, 3.63) is 66.6 Å². The van der Waals surface area contributed by atoms with E-state index in [1.54, 1.807) is 0 Å². The number of nitro groups is 1. The van der Waals surface area contributed by atoms with Gasteiger partial charge in [-0.25, -0.2) is 5.43 Å². The fourth-order valence-corrected chi connectivity index (χ4v) is 2.39. The van der Waals surface area contributed by atoms with Crippen molar-refractivity contribution < 1.29 is 14.8 Å². The molecule has 0 aliphatic heterocycles. The molecule has 0 bridgehead atoms. The predicted octanol–water partition coefficient (Wildman–Crippen LogP) is 4.02. The number of nitrogens with zero attached hydrogens (tertiary/aromatic N) is 2. The zero-order valence-electron chi connectivity index (χ0n) is 11.7. The first-order valence-corrected chi connectivity index (χ1v) is 7.38. The number of hydrogen-bond donors (Lipinski definition) is 2. The number of phenolic OH excluding ortho intramolecular Hbond substituents is 1. The smallest absolute Gasteiger partial charge is 0.288 e. The Bertz CT molecular complexity index is 855. The number of benzene rings is 2. The van der Waals surface area contributed by atoms with E-state index in [0.717, 1.165) is 0 Å². The van der Waals surface area contributed by atoms with Gasteiger partial charge in [0, 0.05) is 16.7 Å². The highest BCUT2D eigenvalue weighted by Crippen LogP contribution is 2.31. The second kappa shape index (κ2) is 7.48. The van der Waals surface area contributed by atoms with Crippen LogP contribution in [0.15, 0.2) is 35.4 Å². The molecule has 7 nitrogen and oxygen atoms in total. The summed E-state index contributed by atoms with van der Waals surface area (Å²) < 4.78 is 0. The van der Waals surface area contributed by atoms with E-state index in [0.29, 0.717) is 5.56 Å². The minimum atomic E-state index is -0.753. The van der Waals surface area contributed by atoms with E-state index in [4.69, 9.17) is 34.8 Å². The van der Waals surface area contributed by atoms with Gasteiger partial charge in [-0.1, -0.05) is 40.9 Å². The van der Waals surface area contributed by atoms with E-state index in [-0.39, 0.29) is 26.3 Å². The molecule has 2 N–H and O–H groups in total. The number of hydrazone groups is 1. The number of nitro benzene ring substituents is 1. The minimum Gasteiger partial charge on any atom is -0.506 e. The highest BCUT2D eigenvalue weighted by Gasteiger charge is 2.15. The van der Waals surface area contributed by atoms with Gasteiger partial charge in [-0.05, 0) is 18.2 Å². The van der Waals surface area contributed by atoms with Crippen molar-refractivity contribution in [1.29, 1.82) is 0 Å². The number of hydrogen-bond acceptors (Lipinski definition) is 5. The van der Waals surface area contributed by atoms with Gasteiger partial charge in [-0.3, -0.25) is 14.9 Å². The molecule has 1 amide bonds. The molecule has 2 rings (SSSR count). The molecule has 2 aromatic carbocycles. The molecule has 0 saturated heterocycles. The van der Waals surface area contributed by atoms with Crippen molar-refractivity contribution in [2.45, 2.75) is 0 Å². The van der Waals surface area contributed by atoms with E-state index in [9.17, 15) is 20.0 Å². The van der Waals surface area contributed by atoms with Crippen molar-refractivity contribution in [3.8, 4) is 5.75 Å². The second-order valence-electron chi connectivity index (χ2n) is 4.45. The lowest BCUT2D eigenvalue weighted by Crippen LogP contribution is -2.17. The zero-order chi connectivity index (χ0) is 17.9. The van der Waals surface area contributed by atoms with Crippen LogP contribution in [0.3, 0.4) is 0 Å². The third-order valence-electron chi connectivity index (χ3n) is 2.82. The topological polar surface area (TPSA) is 105 Å². The Balaban J connectivity index is 2.16. The lowest BCUT2D eigenvalue weighted by molar-refractivity contribution is -0.384. The summed E-state index contributed by atoms with van der Waals surface area (Å²) in [4.78, 5) is 22.1. The molecular weight excluding hydrogens is 381 g/mol. The van der Waals surface area contributed by atoms with Crippen LogP contribution in [0.5, 0.6) is 5.75 Å². The fraction of sp³-hybridized carbons (Fsp3) is 0. The van der Waals surface area contributed by atoms with Gasteiger partial charge in [0.25, 0.3) is 11.6 Å². The lowest BCUT2D eigenvalue weighted by atomic mass is 10.2. The summed E-state index contributed by atoms with van der Waals surface area (Å²) in [6.07, 6.45) is 1.18. The van der Waals surface area contributed by atoms with Crippen molar-refractivity contribution in [1.82, 2.24) is 5.43 Å². The number of carbonyl (C=O) groups is 1. The predicted molar refractivity (Wildman–Crippen MR) is 91.3 cm³/mol. The van der Waals surface area contributed by atoms with Crippen LogP contribution < -0.4 is 5.43 Å². The molecule has 0 fully saturated rings. The van der Waals surface area contributed by atoms with E-state index >= 15 is 0 Å². The Morgan fingerprint density at radius 1 is 1.21 bits per heavy atom. The summed E-state index contributed by atoms with van der Waals surface area (Å²) in [6, 6.07) is 6.53. The highest BCUT2D eigenvalue weighted by atomic mass is 35.5. The van der Waals surface area contributed by atoms with Gasteiger partial charge in [0.1, 0.15) is 10.8 Å². The average molecular weight is 389 g/mol. The van der Waals surface area contributed by atoms with Gasteiger partial charge in [0.15, 0.2) is 0 Å². The number of halogens is 3. The molecule has 124 valence electrons. The standard InChI is InChI=1S/C14H8Cl3N3O4/c15-8-4-9(13(21)11(17)5-8)14(22)19-18-6-7-1-2-10(16)12(3-7)20(23)24/h1-6,21H,(H,19,22)/b18-6+. The normalized spacial score (nSPS) is 10.8. The van der Waals surface area contributed by atoms with Gasteiger partial charge >= 0.3 is 0 Å². The summed E-state index contributed by atoms with van der Waals surface area (Å²) in [5.41, 5.74) is 2.06. The van der Waals surface area contributed by atoms with Crippen LogP contribution in [0, 0.1) is 10.1 Å².